The molecule has 0 bridgehead atoms. The third-order valence-corrected chi connectivity index (χ3v) is 4.59. The number of carbonyl (C=O) groups excluding carboxylic acids is 1. The number of carbonyl (C=O) groups is 1. The van der Waals surface area contributed by atoms with Crippen LogP contribution in [0, 0.1) is 0 Å². The van der Waals surface area contributed by atoms with Crippen molar-refractivity contribution in [2.75, 3.05) is 11.1 Å². The Bertz CT molecular complexity index is 803. The van der Waals surface area contributed by atoms with Gasteiger partial charge in [0.15, 0.2) is 5.16 Å². The molecule has 24 heavy (non-hydrogen) atoms. The number of hydrogen-bond donors (Lipinski definition) is 1. The Kier molecular flexibility index (Phi) is 5.56. The van der Waals surface area contributed by atoms with E-state index in [4.69, 9.17) is 11.6 Å². The minimum Gasteiger partial charge on any atom is -0.325 e. The molecule has 0 fully saturated rings. The van der Waals surface area contributed by atoms with Crippen molar-refractivity contribution in [3.8, 4) is 0 Å². The van der Waals surface area contributed by atoms with Crippen LogP contribution in [-0.4, -0.2) is 21.2 Å². The molecule has 1 aromatic heterocycles. The number of nitrogens with one attached hydrogen (secondary N) is 1. The summed E-state index contributed by atoms with van der Waals surface area (Å²) in [5, 5.41) is 4.31. The summed E-state index contributed by atoms with van der Waals surface area (Å²) in [6, 6.07) is 17.2. The minimum atomic E-state index is -0.0726. The van der Waals surface area contributed by atoms with Crippen LogP contribution in [-0.2, 0) is 11.3 Å². The zero-order valence-electron chi connectivity index (χ0n) is 12.9. The van der Waals surface area contributed by atoms with Crippen LogP contribution in [0.1, 0.15) is 5.56 Å². The highest BCUT2D eigenvalue weighted by atomic mass is 35.5. The average molecular weight is 358 g/mol. The Balaban J connectivity index is 1.56. The van der Waals surface area contributed by atoms with E-state index in [0.717, 1.165) is 17.4 Å². The van der Waals surface area contributed by atoms with Gasteiger partial charge in [-0.2, -0.15) is 0 Å². The molecule has 3 rings (SSSR count). The molecular weight excluding hydrogens is 342 g/mol. The number of aromatic nitrogens is 2. The van der Waals surface area contributed by atoms with Crippen LogP contribution in [0.2, 0.25) is 5.02 Å². The molecule has 0 atom stereocenters. The average Bonchev–Trinajstić information content (AvgIpc) is 3.03. The number of halogens is 1. The van der Waals surface area contributed by atoms with Crippen LogP contribution in [0.15, 0.2) is 72.1 Å². The van der Waals surface area contributed by atoms with Crippen LogP contribution in [0.4, 0.5) is 5.69 Å². The number of imidazole rings is 1. The van der Waals surface area contributed by atoms with Crippen molar-refractivity contribution in [3.63, 3.8) is 0 Å². The summed E-state index contributed by atoms with van der Waals surface area (Å²) in [4.78, 5) is 16.4. The zero-order valence-corrected chi connectivity index (χ0v) is 14.4. The fourth-order valence-electron chi connectivity index (χ4n) is 2.20. The second-order valence-electron chi connectivity index (χ2n) is 5.17. The molecular formula is C18H16ClN3OS. The van der Waals surface area contributed by atoms with Crippen LogP contribution in [0.3, 0.4) is 0 Å². The van der Waals surface area contributed by atoms with Crippen LogP contribution in [0.5, 0.6) is 0 Å². The predicted molar refractivity (Wildman–Crippen MR) is 98.6 cm³/mol. The molecule has 0 aliphatic carbocycles. The Labute approximate surface area is 149 Å². The summed E-state index contributed by atoms with van der Waals surface area (Å²) < 4.78 is 2.04. The Morgan fingerprint density at radius 1 is 1.12 bits per heavy atom. The molecule has 0 aliphatic rings. The Morgan fingerprint density at radius 2 is 1.88 bits per heavy atom. The van der Waals surface area contributed by atoms with E-state index in [2.05, 4.69) is 22.4 Å². The van der Waals surface area contributed by atoms with Gasteiger partial charge in [-0.25, -0.2) is 4.98 Å². The van der Waals surface area contributed by atoms with Gasteiger partial charge in [0, 0.05) is 29.6 Å². The van der Waals surface area contributed by atoms with Gasteiger partial charge in [0.2, 0.25) is 5.91 Å². The summed E-state index contributed by atoms with van der Waals surface area (Å²) in [7, 11) is 0. The summed E-state index contributed by atoms with van der Waals surface area (Å²) in [5.74, 6) is 0.227. The molecule has 0 aliphatic heterocycles. The normalized spacial score (nSPS) is 10.5. The van der Waals surface area contributed by atoms with E-state index in [0.29, 0.717) is 10.8 Å². The highest BCUT2D eigenvalue weighted by Gasteiger charge is 2.08. The lowest BCUT2D eigenvalue weighted by Crippen LogP contribution is -2.14. The highest BCUT2D eigenvalue weighted by molar-refractivity contribution is 7.99. The van der Waals surface area contributed by atoms with E-state index in [1.54, 1.807) is 30.5 Å². The van der Waals surface area contributed by atoms with Crippen molar-refractivity contribution >= 4 is 35.0 Å². The van der Waals surface area contributed by atoms with Gasteiger partial charge in [0.05, 0.1) is 5.75 Å². The van der Waals surface area contributed by atoms with Gasteiger partial charge in [0.1, 0.15) is 0 Å². The molecule has 0 radical (unpaired) electrons. The van der Waals surface area contributed by atoms with Crippen LogP contribution in [0.25, 0.3) is 0 Å². The van der Waals surface area contributed by atoms with Gasteiger partial charge >= 0.3 is 0 Å². The monoisotopic (exact) mass is 357 g/mol. The van der Waals surface area contributed by atoms with Crippen molar-refractivity contribution in [2.45, 2.75) is 11.7 Å². The molecule has 3 aromatic rings. The van der Waals surface area contributed by atoms with Crippen molar-refractivity contribution in [1.29, 1.82) is 0 Å². The van der Waals surface area contributed by atoms with Gasteiger partial charge in [-0.3, -0.25) is 4.79 Å². The lowest BCUT2D eigenvalue weighted by atomic mass is 10.2. The number of hydrogen-bond acceptors (Lipinski definition) is 3. The smallest absolute Gasteiger partial charge is 0.234 e. The van der Waals surface area contributed by atoms with Gasteiger partial charge in [-0.1, -0.05) is 53.7 Å². The second kappa shape index (κ2) is 8.04. The number of benzene rings is 2. The van der Waals surface area contributed by atoms with Crippen LogP contribution < -0.4 is 5.32 Å². The SMILES string of the molecule is O=C(CSc1nccn1Cc1ccccc1)Nc1ccc(Cl)cc1. The molecule has 6 heteroatoms. The first-order valence-corrected chi connectivity index (χ1v) is 8.80. The maximum atomic E-state index is 12.1. The summed E-state index contributed by atoms with van der Waals surface area (Å²) in [6.07, 6.45) is 3.68. The van der Waals surface area contributed by atoms with Crippen molar-refractivity contribution < 1.29 is 4.79 Å². The quantitative estimate of drug-likeness (QED) is 0.668. The van der Waals surface area contributed by atoms with E-state index >= 15 is 0 Å². The first kappa shape index (κ1) is 16.6. The molecule has 2 aromatic carbocycles. The fourth-order valence-corrected chi connectivity index (χ4v) is 3.08. The van der Waals surface area contributed by atoms with E-state index in [1.807, 2.05) is 29.0 Å². The van der Waals surface area contributed by atoms with E-state index in [9.17, 15) is 4.79 Å². The second-order valence-corrected chi connectivity index (χ2v) is 6.55. The van der Waals surface area contributed by atoms with Gasteiger partial charge in [-0.05, 0) is 29.8 Å². The highest BCUT2D eigenvalue weighted by Crippen LogP contribution is 2.18. The minimum absolute atomic E-state index is 0.0726. The van der Waals surface area contributed by atoms with Gasteiger partial charge in [0.25, 0.3) is 0 Å². The molecule has 1 heterocycles. The van der Waals surface area contributed by atoms with E-state index in [-0.39, 0.29) is 5.91 Å². The summed E-state index contributed by atoms with van der Waals surface area (Å²) in [6.45, 7) is 0.738. The van der Waals surface area contributed by atoms with Crippen molar-refractivity contribution in [3.05, 3.63) is 77.6 Å². The fraction of sp³-hybridized carbons (Fsp3) is 0.111. The Hall–Kier alpha value is -2.24. The topological polar surface area (TPSA) is 46.9 Å². The largest absolute Gasteiger partial charge is 0.325 e. The molecule has 0 saturated carbocycles. The number of nitrogens with zero attached hydrogens (tertiary/aromatic N) is 2. The number of rotatable bonds is 6. The van der Waals surface area contributed by atoms with E-state index < -0.39 is 0 Å². The molecule has 0 unspecified atom stereocenters. The molecule has 0 saturated heterocycles. The summed E-state index contributed by atoms with van der Waals surface area (Å²) >= 11 is 7.25. The first-order chi connectivity index (χ1) is 11.7. The van der Waals surface area contributed by atoms with Gasteiger partial charge < -0.3 is 9.88 Å². The third-order valence-electron chi connectivity index (χ3n) is 3.33. The molecule has 1 N–H and O–H groups in total. The Morgan fingerprint density at radius 3 is 2.62 bits per heavy atom. The van der Waals surface area contributed by atoms with E-state index in [1.165, 1.54) is 17.3 Å². The number of thioether (sulfide) groups is 1. The number of amides is 1. The summed E-state index contributed by atoms with van der Waals surface area (Å²) in [5.41, 5.74) is 1.93. The lowest BCUT2D eigenvalue weighted by Gasteiger charge is -2.08. The number of anilines is 1. The maximum Gasteiger partial charge on any atom is 0.234 e. The third kappa shape index (κ3) is 4.63. The standard InChI is InChI=1S/C18H16ClN3OS/c19-15-6-8-16(9-7-15)21-17(23)13-24-18-20-10-11-22(18)12-14-4-2-1-3-5-14/h1-11H,12-13H2,(H,21,23). The first-order valence-electron chi connectivity index (χ1n) is 7.44. The maximum absolute atomic E-state index is 12.1. The zero-order chi connectivity index (χ0) is 16.8. The molecule has 1 amide bonds. The molecule has 4 nitrogen and oxygen atoms in total. The predicted octanol–water partition coefficient (Wildman–Crippen LogP) is 4.32. The lowest BCUT2D eigenvalue weighted by molar-refractivity contribution is -0.113. The van der Waals surface area contributed by atoms with Crippen molar-refractivity contribution in [2.24, 2.45) is 0 Å². The molecule has 0 spiro atoms. The van der Waals surface area contributed by atoms with Crippen LogP contribution >= 0.6 is 23.4 Å². The van der Waals surface area contributed by atoms with Crippen molar-refractivity contribution in [1.82, 2.24) is 9.55 Å². The molecule has 122 valence electrons. The van der Waals surface area contributed by atoms with Gasteiger partial charge in [-0.15, -0.1) is 0 Å².